The van der Waals surface area contributed by atoms with E-state index in [1.807, 2.05) is 0 Å². The molecule has 0 fully saturated rings. The van der Waals surface area contributed by atoms with Crippen molar-refractivity contribution in [2.45, 2.75) is 0 Å². The summed E-state index contributed by atoms with van der Waals surface area (Å²) >= 11 is 0. The molecule has 0 saturated carbocycles. The third-order valence-corrected chi connectivity index (χ3v) is 2.63. The molecule has 0 aliphatic rings. The Kier molecular flexibility index (Phi) is 5.62. The van der Waals surface area contributed by atoms with Gasteiger partial charge in [0, 0.05) is 17.7 Å². The number of rotatable bonds is 5. The van der Waals surface area contributed by atoms with Gasteiger partial charge in [-0.2, -0.15) is 5.26 Å². The molecule has 1 aromatic carbocycles. The number of amides is 3. The van der Waals surface area contributed by atoms with Crippen LogP contribution in [0.1, 0.15) is 5.56 Å². The normalized spacial score (nSPS) is 10.4. The van der Waals surface area contributed by atoms with Gasteiger partial charge in [-0.05, 0) is 6.08 Å². The fourth-order valence-corrected chi connectivity index (χ4v) is 1.64. The number of nitrogens with two attached hydrogens (primary N) is 1. The molecule has 0 bridgehead atoms. The van der Waals surface area contributed by atoms with Crippen molar-refractivity contribution in [1.82, 2.24) is 5.32 Å². The molecule has 10 nitrogen and oxygen atoms in total. The smallest absolute Gasteiger partial charge is 0.319 e. The Morgan fingerprint density at radius 1 is 1.35 bits per heavy atom. The van der Waals surface area contributed by atoms with Gasteiger partial charge in [0.05, 0.1) is 19.1 Å². The monoisotopic (exact) mass is 320 g/mol. The van der Waals surface area contributed by atoms with Crippen LogP contribution in [0.25, 0.3) is 6.08 Å². The minimum Gasteiger partial charge on any atom is -0.496 e. The Morgan fingerprint density at radius 2 is 1.96 bits per heavy atom. The van der Waals surface area contributed by atoms with Gasteiger partial charge < -0.3 is 15.2 Å². The van der Waals surface area contributed by atoms with Crippen molar-refractivity contribution in [2.24, 2.45) is 5.73 Å². The topological polar surface area (TPSA) is 158 Å². The van der Waals surface area contributed by atoms with E-state index in [4.69, 9.17) is 20.5 Å². The number of carbonyl (C=O) groups excluding carboxylic acids is 2. The van der Waals surface area contributed by atoms with Crippen LogP contribution in [0.4, 0.5) is 10.5 Å². The van der Waals surface area contributed by atoms with Crippen LogP contribution in [0.3, 0.4) is 0 Å². The molecule has 0 unspecified atom stereocenters. The van der Waals surface area contributed by atoms with Crippen molar-refractivity contribution in [2.75, 3.05) is 14.2 Å². The van der Waals surface area contributed by atoms with Crippen LogP contribution in [-0.2, 0) is 4.79 Å². The van der Waals surface area contributed by atoms with E-state index in [1.165, 1.54) is 20.3 Å². The van der Waals surface area contributed by atoms with Gasteiger partial charge in [-0.15, -0.1) is 0 Å². The minimum atomic E-state index is -1.14. The fraction of sp³-hybridized carbons (Fsp3) is 0.154. The summed E-state index contributed by atoms with van der Waals surface area (Å²) in [6, 6.07) is 2.75. The molecule has 1 rings (SSSR count). The standard InChI is InChI=1S/C13H12N4O6/c1-22-10-5-11(23-2)9(17(20)21)4-7(10)3-8(6-14)12(18)16-13(15)19/h3-5H,1-2H3,(H3,15,16,18,19)/b8-3-. The number of nitrogens with one attached hydrogen (secondary N) is 1. The molecule has 10 heteroatoms. The summed E-state index contributed by atoms with van der Waals surface area (Å²) in [6.07, 6.45) is 1.03. The number of ether oxygens (including phenoxy) is 2. The Labute approximate surface area is 130 Å². The highest BCUT2D eigenvalue weighted by atomic mass is 16.6. The summed E-state index contributed by atoms with van der Waals surface area (Å²) in [5.74, 6) is -0.961. The SMILES string of the molecule is COc1cc(OC)c([N+](=O)[O-])cc1/C=C(/C#N)C(=O)NC(N)=O. The molecule has 0 spiro atoms. The van der Waals surface area contributed by atoms with E-state index in [2.05, 4.69) is 0 Å². The van der Waals surface area contributed by atoms with Crippen LogP contribution < -0.4 is 20.5 Å². The zero-order chi connectivity index (χ0) is 17.6. The van der Waals surface area contributed by atoms with Crippen LogP contribution >= 0.6 is 0 Å². The summed E-state index contributed by atoms with van der Waals surface area (Å²) in [7, 11) is 2.55. The lowest BCUT2D eigenvalue weighted by Crippen LogP contribution is -2.35. The molecule has 0 atom stereocenters. The highest BCUT2D eigenvalue weighted by Gasteiger charge is 2.20. The van der Waals surface area contributed by atoms with Crippen LogP contribution in [0.5, 0.6) is 11.5 Å². The van der Waals surface area contributed by atoms with Crippen LogP contribution in [-0.4, -0.2) is 31.1 Å². The third kappa shape index (κ3) is 4.18. The number of nitrogens with zero attached hydrogens (tertiary/aromatic N) is 2. The number of primary amides is 1. The zero-order valence-electron chi connectivity index (χ0n) is 12.2. The fourth-order valence-electron chi connectivity index (χ4n) is 1.64. The van der Waals surface area contributed by atoms with Crippen molar-refractivity contribution in [3.63, 3.8) is 0 Å². The molecule has 0 aliphatic heterocycles. The second-order valence-corrected chi connectivity index (χ2v) is 4.01. The number of imide groups is 1. The second kappa shape index (κ2) is 7.41. The number of hydrogen-bond donors (Lipinski definition) is 2. The molecule has 120 valence electrons. The quantitative estimate of drug-likeness (QED) is 0.350. The summed E-state index contributed by atoms with van der Waals surface area (Å²) in [5.41, 5.74) is 4.01. The molecular formula is C13H12N4O6. The Balaban J connectivity index is 3.45. The minimum absolute atomic E-state index is 0.0518. The Hall–Kier alpha value is -3.61. The van der Waals surface area contributed by atoms with E-state index in [0.717, 1.165) is 12.1 Å². The van der Waals surface area contributed by atoms with Gasteiger partial charge in [-0.1, -0.05) is 0 Å². The first-order valence-electron chi connectivity index (χ1n) is 5.97. The van der Waals surface area contributed by atoms with Crippen LogP contribution in [0, 0.1) is 21.4 Å². The van der Waals surface area contributed by atoms with Crippen molar-refractivity contribution in [3.05, 3.63) is 33.4 Å². The zero-order valence-corrected chi connectivity index (χ0v) is 12.2. The van der Waals surface area contributed by atoms with E-state index < -0.39 is 22.4 Å². The summed E-state index contributed by atoms with van der Waals surface area (Å²) < 4.78 is 9.94. The first kappa shape index (κ1) is 17.4. The summed E-state index contributed by atoms with van der Waals surface area (Å²) in [6.45, 7) is 0. The largest absolute Gasteiger partial charge is 0.496 e. The number of urea groups is 1. The molecule has 3 N–H and O–H groups in total. The van der Waals surface area contributed by atoms with Gasteiger partial charge in [-0.25, -0.2) is 4.79 Å². The van der Waals surface area contributed by atoms with Gasteiger partial charge in [0.15, 0.2) is 0 Å². The number of carbonyl (C=O) groups is 2. The average molecular weight is 320 g/mol. The maximum absolute atomic E-state index is 11.6. The highest BCUT2D eigenvalue weighted by molar-refractivity contribution is 6.08. The van der Waals surface area contributed by atoms with Gasteiger partial charge in [0.1, 0.15) is 17.4 Å². The third-order valence-electron chi connectivity index (χ3n) is 2.63. The lowest BCUT2D eigenvalue weighted by atomic mass is 10.1. The number of nitriles is 1. The van der Waals surface area contributed by atoms with Crippen molar-refractivity contribution in [3.8, 4) is 17.6 Å². The van der Waals surface area contributed by atoms with Crippen LogP contribution in [0.2, 0.25) is 0 Å². The molecular weight excluding hydrogens is 308 g/mol. The van der Waals surface area contributed by atoms with Crippen molar-refractivity contribution in [1.29, 1.82) is 5.26 Å². The first-order chi connectivity index (χ1) is 10.8. The lowest BCUT2D eigenvalue weighted by Gasteiger charge is -2.09. The van der Waals surface area contributed by atoms with E-state index in [0.29, 0.717) is 0 Å². The van der Waals surface area contributed by atoms with E-state index in [-0.39, 0.29) is 22.7 Å². The van der Waals surface area contributed by atoms with E-state index in [9.17, 15) is 19.7 Å². The predicted octanol–water partition coefficient (Wildman–Crippen LogP) is 0.714. The van der Waals surface area contributed by atoms with Gasteiger partial charge >= 0.3 is 11.7 Å². The van der Waals surface area contributed by atoms with Crippen molar-refractivity contribution >= 4 is 23.7 Å². The van der Waals surface area contributed by atoms with Crippen molar-refractivity contribution < 1.29 is 24.0 Å². The molecule has 3 amide bonds. The number of benzene rings is 1. The average Bonchev–Trinajstić information content (AvgIpc) is 2.50. The van der Waals surface area contributed by atoms with Gasteiger partial charge in [-0.3, -0.25) is 20.2 Å². The maximum atomic E-state index is 11.6. The first-order valence-corrected chi connectivity index (χ1v) is 5.97. The molecule has 0 radical (unpaired) electrons. The van der Waals surface area contributed by atoms with Crippen LogP contribution in [0.15, 0.2) is 17.7 Å². The number of nitro groups is 1. The Bertz CT molecular complexity index is 735. The van der Waals surface area contributed by atoms with Gasteiger partial charge in [0.2, 0.25) is 5.75 Å². The molecule has 0 heterocycles. The molecule has 0 saturated heterocycles. The second-order valence-electron chi connectivity index (χ2n) is 4.01. The van der Waals surface area contributed by atoms with E-state index >= 15 is 0 Å². The molecule has 0 aromatic heterocycles. The molecule has 23 heavy (non-hydrogen) atoms. The predicted molar refractivity (Wildman–Crippen MR) is 77.5 cm³/mol. The van der Waals surface area contributed by atoms with E-state index in [1.54, 1.807) is 11.4 Å². The lowest BCUT2D eigenvalue weighted by molar-refractivity contribution is -0.385. The molecule has 1 aromatic rings. The number of methoxy groups -OCH3 is 2. The maximum Gasteiger partial charge on any atom is 0.319 e. The highest BCUT2D eigenvalue weighted by Crippen LogP contribution is 2.35. The molecule has 0 aliphatic carbocycles. The number of nitro benzene ring substituents is 1. The number of hydrogen-bond acceptors (Lipinski definition) is 7. The summed E-state index contributed by atoms with van der Waals surface area (Å²) in [5, 5.41) is 21.7. The Morgan fingerprint density at radius 3 is 2.39 bits per heavy atom. The van der Waals surface area contributed by atoms with Gasteiger partial charge in [0.25, 0.3) is 5.91 Å². The summed E-state index contributed by atoms with van der Waals surface area (Å²) in [4.78, 5) is 32.6.